The van der Waals surface area contributed by atoms with Crippen molar-refractivity contribution < 1.29 is 72.3 Å². The van der Waals surface area contributed by atoms with Crippen molar-refractivity contribution in [3.63, 3.8) is 0 Å². The maximum Gasteiger partial charge on any atom is 1.00 e. The molecule has 10 heavy (non-hydrogen) atoms. The summed E-state index contributed by atoms with van der Waals surface area (Å²) in [5.74, 6) is 0. The van der Waals surface area contributed by atoms with Gasteiger partial charge in [0.05, 0.1) is 6.10 Å². The zero-order valence-electron chi connectivity index (χ0n) is 7.57. The van der Waals surface area contributed by atoms with E-state index in [-0.39, 0.29) is 65.7 Å². The molecule has 0 saturated carbocycles. The van der Waals surface area contributed by atoms with Crippen LogP contribution in [0.5, 0.6) is 0 Å². The molecule has 2 N–H and O–H groups in total. The minimum absolute atomic E-state index is 0. The van der Waals surface area contributed by atoms with Gasteiger partial charge in [0.15, 0.2) is 0 Å². The average molecular weight is 174 g/mol. The van der Waals surface area contributed by atoms with Gasteiger partial charge in [0.1, 0.15) is 6.79 Å². The molecule has 0 spiro atoms. The zero-order valence-corrected chi connectivity index (χ0v) is 9.70. The van der Waals surface area contributed by atoms with Crippen molar-refractivity contribution in [1.29, 1.82) is 0 Å². The smallest absolute Gasteiger partial charge is 1.00 e. The standard InChI is InChI=1S/C4H11BO4.K.H/c1-4(2)8-3-9-5(6)7;;/h4,6-7H,3H2,1-2H3;;/q;+1;-1. The average Bonchev–Trinajstić information content (AvgIpc) is 1.63. The van der Waals surface area contributed by atoms with Gasteiger partial charge in [0.2, 0.25) is 0 Å². The second-order valence-corrected chi connectivity index (χ2v) is 1.83. The van der Waals surface area contributed by atoms with Crippen LogP contribution in [0.1, 0.15) is 15.3 Å². The molecule has 0 unspecified atom stereocenters. The first kappa shape index (κ1) is 14.1. The summed E-state index contributed by atoms with van der Waals surface area (Å²) in [5.41, 5.74) is 0. The molecule has 6 heteroatoms. The molecule has 0 rings (SSSR count). The van der Waals surface area contributed by atoms with E-state index in [1.54, 1.807) is 0 Å². The molecule has 0 heterocycles. The molecule has 56 valence electrons. The first-order valence-electron chi connectivity index (χ1n) is 2.72. The van der Waals surface area contributed by atoms with Crippen molar-refractivity contribution in [2.75, 3.05) is 6.79 Å². The molecule has 0 aliphatic rings. The van der Waals surface area contributed by atoms with Gasteiger partial charge in [-0.3, -0.25) is 0 Å². The van der Waals surface area contributed by atoms with Crippen LogP contribution in [0, 0.1) is 0 Å². The molecule has 0 atom stereocenters. The van der Waals surface area contributed by atoms with Gasteiger partial charge < -0.3 is 20.9 Å². The summed E-state index contributed by atoms with van der Waals surface area (Å²) >= 11 is 0. The van der Waals surface area contributed by atoms with Crippen molar-refractivity contribution in [2.24, 2.45) is 0 Å². The Labute approximate surface area is 105 Å². The quantitative estimate of drug-likeness (QED) is 0.342. The fourth-order valence-electron chi connectivity index (χ4n) is 0.236. The van der Waals surface area contributed by atoms with E-state index >= 15 is 0 Å². The van der Waals surface area contributed by atoms with Crippen LogP contribution in [-0.2, 0) is 9.39 Å². The largest absolute Gasteiger partial charge is 1.00 e. The summed E-state index contributed by atoms with van der Waals surface area (Å²) < 4.78 is 9.05. The molecule has 0 fully saturated rings. The second-order valence-electron chi connectivity index (χ2n) is 1.83. The first-order chi connectivity index (χ1) is 4.13. The van der Waals surface area contributed by atoms with Crippen LogP contribution in [0.2, 0.25) is 0 Å². The molecule has 0 aromatic rings. The molecule has 0 saturated heterocycles. The second kappa shape index (κ2) is 8.64. The fraction of sp³-hybridized carbons (Fsp3) is 1.00. The van der Waals surface area contributed by atoms with Crippen molar-refractivity contribution in [3.05, 3.63) is 0 Å². The normalized spacial score (nSPS) is 9.30. The summed E-state index contributed by atoms with van der Waals surface area (Å²) in [6.07, 6.45) is 0.0451. The monoisotopic (exact) mass is 174 g/mol. The van der Waals surface area contributed by atoms with Crippen LogP contribution in [-0.4, -0.2) is 30.3 Å². The van der Waals surface area contributed by atoms with E-state index < -0.39 is 7.32 Å². The van der Waals surface area contributed by atoms with E-state index in [1.807, 2.05) is 13.8 Å². The molecule has 4 nitrogen and oxygen atoms in total. The summed E-state index contributed by atoms with van der Waals surface area (Å²) in [6, 6.07) is 0. The Bertz CT molecular complexity index is 67.1. The first-order valence-corrected chi connectivity index (χ1v) is 2.72. The maximum absolute atomic E-state index is 8.12. The third-order valence-electron chi connectivity index (χ3n) is 0.618. The Kier molecular flexibility index (Phi) is 12.2. The van der Waals surface area contributed by atoms with Crippen LogP contribution >= 0.6 is 0 Å². The predicted molar refractivity (Wildman–Crippen MR) is 33.5 cm³/mol. The van der Waals surface area contributed by atoms with Gasteiger partial charge in [-0.25, -0.2) is 0 Å². The topological polar surface area (TPSA) is 58.9 Å². The number of ether oxygens (including phenoxy) is 1. The van der Waals surface area contributed by atoms with Crippen molar-refractivity contribution in [2.45, 2.75) is 20.0 Å². The number of rotatable bonds is 4. The molecule has 0 aromatic heterocycles. The van der Waals surface area contributed by atoms with Crippen LogP contribution in [0.3, 0.4) is 0 Å². The van der Waals surface area contributed by atoms with E-state index in [4.69, 9.17) is 14.8 Å². The van der Waals surface area contributed by atoms with Gasteiger partial charge in [-0.2, -0.15) is 0 Å². The zero-order chi connectivity index (χ0) is 7.28. The van der Waals surface area contributed by atoms with Crippen LogP contribution in [0.15, 0.2) is 0 Å². The number of hydrogen-bond donors (Lipinski definition) is 2. The van der Waals surface area contributed by atoms with Gasteiger partial charge in [-0.05, 0) is 13.8 Å². The Morgan fingerprint density at radius 2 is 2.00 bits per heavy atom. The molecule has 0 aliphatic carbocycles. The van der Waals surface area contributed by atoms with E-state index in [1.165, 1.54) is 0 Å². The van der Waals surface area contributed by atoms with Crippen LogP contribution in [0.4, 0.5) is 0 Å². The molecule has 0 aromatic carbocycles. The van der Waals surface area contributed by atoms with E-state index in [9.17, 15) is 0 Å². The van der Waals surface area contributed by atoms with Gasteiger partial charge >= 0.3 is 58.7 Å². The third-order valence-corrected chi connectivity index (χ3v) is 0.618. The van der Waals surface area contributed by atoms with Crippen LogP contribution < -0.4 is 51.4 Å². The Balaban J connectivity index is -0.000000320. The third kappa shape index (κ3) is 12.2. The fourth-order valence-corrected chi connectivity index (χ4v) is 0.236. The van der Waals surface area contributed by atoms with E-state index in [0.717, 1.165) is 0 Å². The molecular formula is C4H12BKO4. The van der Waals surface area contributed by atoms with Crippen molar-refractivity contribution in [3.8, 4) is 0 Å². The molecule has 0 aliphatic heterocycles. The minimum Gasteiger partial charge on any atom is -1.00 e. The summed E-state index contributed by atoms with van der Waals surface area (Å²) in [7, 11) is -1.73. The molecule has 0 amide bonds. The van der Waals surface area contributed by atoms with Crippen LogP contribution in [0.25, 0.3) is 0 Å². The van der Waals surface area contributed by atoms with E-state index in [0.29, 0.717) is 0 Å². The summed E-state index contributed by atoms with van der Waals surface area (Å²) in [4.78, 5) is 0. The van der Waals surface area contributed by atoms with Gasteiger partial charge in [0, 0.05) is 0 Å². The summed E-state index contributed by atoms with van der Waals surface area (Å²) in [5, 5.41) is 16.2. The van der Waals surface area contributed by atoms with Crippen molar-refractivity contribution in [1.82, 2.24) is 0 Å². The van der Waals surface area contributed by atoms with Gasteiger partial charge in [0.25, 0.3) is 0 Å². The van der Waals surface area contributed by atoms with Gasteiger partial charge in [-0.15, -0.1) is 0 Å². The Morgan fingerprint density at radius 3 is 2.30 bits per heavy atom. The SMILES string of the molecule is CC(C)OCOB(O)O.[H-].[K+]. The molecular weight excluding hydrogens is 162 g/mol. The van der Waals surface area contributed by atoms with E-state index in [2.05, 4.69) is 4.65 Å². The Hall–Kier alpha value is 1.54. The van der Waals surface area contributed by atoms with Gasteiger partial charge in [-0.1, -0.05) is 0 Å². The molecule has 0 radical (unpaired) electrons. The maximum atomic E-state index is 8.12. The summed E-state index contributed by atoms with van der Waals surface area (Å²) in [6.45, 7) is 3.57. The van der Waals surface area contributed by atoms with Crippen molar-refractivity contribution >= 4 is 7.32 Å². The molecule has 0 bridgehead atoms. The minimum atomic E-state index is -1.73. The predicted octanol–water partition coefficient (Wildman–Crippen LogP) is -3.53. The number of hydrogen-bond acceptors (Lipinski definition) is 4. The Morgan fingerprint density at radius 1 is 1.50 bits per heavy atom.